The van der Waals surface area contributed by atoms with Crippen molar-refractivity contribution < 1.29 is 0 Å². The fourth-order valence-corrected chi connectivity index (χ4v) is 1.99. The Morgan fingerprint density at radius 2 is 1.31 bits per heavy atom. The fourth-order valence-electron chi connectivity index (χ4n) is 1.99. The summed E-state index contributed by atoms with van der Waals surface area (Å²) in [5, 5.41) is 4.89. The van der Waals surface area contributed by atoms with Crippen LogP contribution < -0.4 is 10.4 Å². The van der Waals surface area contributed by atoms with Gasteiger partial charge in [0.1, 0.15) is 0 Å². The molecule has 0 saturated carbocycles. The van der Waals surface area contributed by atoms with Gasteiger partial charge >= 0.3 is 0 Å². The molecule has 1 aliphatic heterocycles. The molecule has 0 atom stereocenters. The van der Waals surface area contributed by atoms with E-state index >= 15 is 0 Å². The molecule has 1 nitrogen and oxygen atoms in total. The van der Waals surface area contributed by atoms with Crippen molar-refractivity contribution >= 4 is 18.5 Å². The van der Waals surface area contributed by atoms with Crippen LogP contribution in [-0.4, -0.2) is 6.21 Å². The lowest BCUT2D eigenvalue weighted by Gasteiger charge is -1.95. The van der Waals surface area contributed by atoms with E-state index < -0.39 is 0 Å². The first-order chi connectivity index (χ1) is 7.95. The second-order valence-electron chi connectivity index (χ2n) is 3.77. The minimum absolute atomic E-state index is 1.17. The van der Waals surface area contributed by atoms with Crippen molar-refractivity contribution in [2.75, 3.05) is 0 Å². The monoisotopic (exact) mass is 205 g/mol. The molecule has 2 aromatic carbocycles. The summed E-state index contributed by atoms with van der Waals surface area (Å²) >= 11 is 0. The van der Waals surface area contributed by atoms with Crippen LogP contribution in [0.5, 0.6) is 0 Å². The van der Waals surface area contributed by atoms with Crippen LogP contribution in [0.15, 0.2) is 53.5 Å². The quantitative estimate of drug-likeness (QED) is 0.619. The molecule has 3 rings (SSSR count). The summed E-state index contributed by atoms with van der Waals surface area (Å²) in [5.74, 6) is 0. The lowest BCUT2D eigenvalue weighted by atomic mass is 10.1. The summed E-state index contributed by atoms with van der Waals surface area (Å²) in [6, 6.07) is 16.7. The minimum Gasteiger partial charge on any atom is -0.264 e. The second kappa shape index (κ2) is 3.78. The number of hydrogen-bond donors (Lipinski definition) is 0. The normalized spacial score (nSPS) is 18.9. The van der Waals surface area contributed by atoms with Crippen LogP contribution in [0, 0.1) is 10.4 Å². The molecule has 0 N–H and O–H groups in total. The van der Waals surface area contributed by atoms with E-state index in [1.807, 2.05) is 24.6 Å². The molecule has 0 fully saturated rings. The molecule has 0 bridgehead atoms. The zero-order valence-electron chi connectivity index (χ0n) is 8.80. The first-order valence-corrected chi connectivity index (χ1v) is 5.33. The van der Waals surface area contributed by atoms with Crippen molar-refractivity contribution in [1.82, 2.24) is 0 Å². The molecule has 1 aliphatic rings. The predicted molar refractivity (Wildman–Crippen MR) is 67.2 cm³/mol. The van der Waals surface area contributed by atoms with Gasteiger partial charge in [0.25, 0.3) is 0 Å². The Kier molecular flexibility index (Phi) is 2.15. The van der Waals surface area contributed by atoms with Gasteiger partial charge in [-0.15, -0.1) is 0 Å². The third-order valence-corrected chi connectivity index (χ3v) is 2.77. The van der Waals surface area contributed by atoms with Crippen LogP contribution in [0.2, 0.25) is 0 Å². The lowest BCUT2D eigenvalue weighted by molar-refractivity contribution is 1.39. The number of rotatable bonds is 0. The summed E-state index contributed by atoms with van der Waals surface area (Å²) in [7, 11) is 0. The number of nitrogens with zero attached hydrogens (tertiary/aromatic N) is 1. The van der Waals surface area contributed by atoms with E-state index in [1.165, 1.54) is 20.9 Å². The van der Waals surface area contributed by atoms with E-state index in [2.05, 4.69) is 47.5 Å². The van der Waals surface area contributed by atoms with Gasteiger partial charge in [0.15, 0.2) is 0 Å². The molecule has 1 heterocycles. The van der Waals surface area contributed by atoms with Crippen LogP contribution in [0.1, 0.15) is 0 Å². The number of benzene rings is 2. The summed E-state index contributed by atoms with van der Waals surface area (Å²) in [6.07, 6.45) is 5.79. The Balaban J connectivity index is 2.74. The van der Waals surface area contributed by atoms with Gasteiger partial charge in [0.05, 0.1) is 0 Å². The van der Waals surface area contributed by atoms with Gasteiger partial charge in [-0.3, -0.25) is 4.99 Å². The predicted octanol–water partition coefficient (Wildman–Crippen LogP) is 1.58. The maximum atomic E-state index is 4.27. The van der Waals surface area contributed by atoms with E-state index in [0.29, 0.717) is 0 Å². The van der Waals surface area contributed by atoms with Crippen molar-refractivity contribution in [2.24, 2.45) is 4.99 Å². The molecule has 76 valence electrons. The van der Waals surface area contributed by atoms with Gasteiger partial charge in [0.2, 0.25) is 0 Å². The molecular formula is C15H11N. The third kappa shape index (κ3) is 1.47. The van der Waals surface area contributed by atoms with Crippen molar-refractivity contribution in [3.05, 3.63) is 69.4 Å². The zero-order chi connectivity index (χ0) is 10.8. The number of fused-ring (bicyclic) bond motifs is 2. The fraction of sp³-hybridized carbons (Fsp3) is 0. The van der Waals surface area contributed by atoms with Crippen LogP contribution in [0.25, 0.3) is 12.3 Å². The average molecular weight is 205 g/mol. The van der Waals surface area contributed by atoms with Crippen molar-refractivity contribution in [3.8, 4) is 0 Å². The second-order valence-corrected chi connectivity index (χ2v) is 3.77. The van der Waals surface area contributed by atoms with Crippen molar-refractivity contribution in [3.63, 3.8) is 0 Å². The van der Waals surface area contributed by atoms with Crippen LogP contribution in [-0.2, 0) is 0 Å². The Labute approximate surface area is 93.4 Å². The Bertz CT molecular complexity index is 689. The molecule has 0 aliphatic carbocycles. The van der Waals surface area contributed by atoms with E-state index in [1.54, 1.807) is 0 Å². The largest absolute Gasteiger partial charge is 0.264 e. The van der Waals surface area contributed by atoms with Gasteiger partial charge in [-0.2, -0.15) is 0 Å². The van der Waals surface area contributed by atoms with Crippen molar-refractivity contribution in [2.45, 2.75) is 0 Å². The third-order valence-electron chi connectivity index (χ3n) is 2.77. The first kappa shape index (κ1) is 9.10. The number of hydrogen-bond acceptors (Lipinski definition) is 1. The lowest BCUT2D eigenvalue weighted by Crippen LogP contribution is -2.10. The van der Waals surface area contributed by atoms with E-state index in [4.69, 9.17) is 0 Å². The van der Waals surface area contributed by atoms with Crippen LogP contribution in [0.4, 0.5) is 0 Å². The topological polar surface area (TPSA) is 12.4 Å². The highest BCUT2D eigenvalue weighted by Crippen LogP contribution is 1.91. The molecule has 0 aromatic heterocycles. The molecule has 16 heavy (non-hydrogen) atoms. The van der Waals surface area contributed by atoms with Crippen LogP contribution in [0.3, 0.4) is 0 Å². The van der Waals surface area contributed by atoms with Gasteiger partial charge in [-0.25, -0.2) is 0 Å². The van der Waals surface area contributed by atoms with Gasteiger partial charge in [0, 0.05) is 17.6 Å². The summed E-state index contributed by atoms with van der Waals surface area (Å²) < 4.78 is 0. The maximum absolute atomic E-state index is 4.27. The number of aliphatic imine (C=N–C) groups is 1. The molecule has 0 radical (unpaired) electrons. The van der Waals surface area contributed by atoms with Gasteiger partial charge < -0.3 is 0 Å². The first-order valence-electron chi connectivity index (χ1n) is 5.33. The standard InChI is InChI=1S/C15H11N/c1-3-7-14-12(5-1)9-10-16-11-13-6-2-4-8-15(13)14/h1-11H/b10-9?,12-9-,13-11?,15-14-,16-10+,16-11?. The Morgan fingerprint density at radius 1 is 0.688 bits per heavy atom. The molecular weight excluding hydrogens is 194 g/mol. The van der Waals surface area contributed by atoms with Crippen molar-refractivity contribution in [1.29, 1.82) is 0 Å². The van der Waals surface area contributed by atoms with Gasteiger partial charge in [-0.05, 0) is 21.7 Å². The summed E-state index contributed by atoms with van der Waals surface area (Å²) in [4.78, 5) is 4.27. The Morgan fingerprint density at radius 3 is 2.12 bits per heavy atom. The van der Waals surface area contributed by atoms with E-state index in [0.717, 1.165) is 0 Å². The maximum Gasteiger partial charge on any atom is 0.0346 e. The average Bonchev–Trinajstić information content (AvgIpc) is 2.33. The van der Waals surface area contributed by atoms with E-state index in [9.17, 15) is 0 Å². The highest BCUT2D eigenvalue weighted by atomic mass is 14.7. The van der Waals surface area contributed by atoms with Gasteiger partial charge in [-0.1, -0.05) is 48.5 Å². The SMILES string of the molecule is C1=c2cccc\c2=c2/cccc/c2=C/C=N/1. The summed E-state index contributed by atoms with van der Waals surface area (Å²) in [6.45, 7) is 0. The molecule has 0 spiro atoms. The highest BCUT2D eigenvalue weighted by molar-refractivity contribution is 5.92. The summed E-state index contributed by atoms with van der Waals surface area (Å²) in [5.41, 5.74) is 0. The van der Waals surface area contributed by atoms with E-state index in [-0.39, 0.29) is 0 Å². The molecule has 0 saturated heterocycles. The smallest absolute Gasteiger partial charge is 0.0346 e. The highest BCUT2D eigenvalue weighted by Gasteiger charge is 1.90. The molecule has 1 heteroatoms. The Hall–Kier alpha value is -2.15. The molecule has 2 aromatic rings. The van der Waals surface area contributed by atoms with Crippen LogP contribution >= 0.6 is 0 Å². The molecule has 0 unspecified atom stereocenters. The minimum atomic E-state index is 1.17. The zero-order valence-corrected chi connectivity index (χ0v) is 8.80. The molecule has 0 amide bonds.